The molecule has 3 N–H and O–H groups in total. The summed E-state index contributed by atoms with van der Waals surface area (Å²) in [5.74, 6) is 1.51. The number of hydrogen-bond donors (Lipinski definition) is 3. The van der Waals surface area contributed by atoms with Crippen molar-refractivity contribution in [3.05, 3.63) is 72.3 Å². The van der Waals surface area contributed by atoms with Crippen LogP contribution in [0.1, 0.15) is 24.8 Å². The number of aliphatic hydroxyl groups is 1. The Kier molecular flexibility index (Phi) is 4.20. The van der Waals surface area contributed by atoms with E-state index in [1.54, 1.807) is 23.9 Å². The Balaban J connectivity index is 1.64. The van der Waals surface area contributed by atoms with Gasteiger partial charge >= 0.3 is 0 Å². The Morgan fingerprint density at radius 1 is 0.968 bits per heavy atom. The molecule has 3 aromatic carbocycles. The molecule has 0 radical (unpaired) electrons. The van der Waals surface area contributed by atoms with Gasteiger partial charge in [0.15, 0.2) is 5.82 Å². The lowest BCUT2D eigenvalue weighted by atomic mass is 9.92. The normalized spacial score (nSPS) is 22.0. The molecule has 4 aromatic rings. The van der Waals surface area contributed by atoms with Crippen LogP contribution in [0.15, 0.2) is 76.5 Å². The second-order valence-corrected chi connectivity index (χ2v) is 9.39. The molecule has 6 heteroatoms. The fourth-order valence-electron chi connectivity index (χ4n) is 4.73. The second kappa shape index (κ2) is 6.97. The molecule has 5 nitrogen and oxygen atoms in total. The van der Waals surface area contributed by atoms with Crippen molar-refractivity contribution in [3.63, 3.8) is 0 Å². The average molecular weight is 428 g/mol. The van der Waals surface area contributed by atoms with Gasteiger partial charge in [-0.2, -0.15) is 0 Å². The minimum absolute atomic E-state index is 0.109. The van der Waals surface area contributed by atoms with Crippen LogP contribution in [0, 0.1) is 0 Å². The highest BCUT2D eigenvalue weighted by molar-refractivity contribution is 7.99. The van der Waals surface area contributed by atoms with E-state index >= 15 is 0 Å². The molecular weight excluding hydrogens is 406 g/mol. The van der Waals surface area contributed by atoms with E-state index in [1.807, 2.05) is 54.6 Å². The van der Waals surface area contributed by atoms with Gasteiger partial charge in [0.2, 0.25) is 0 Å². The molecule has 2 heterocycles. The Morgan fingerprint density at radius 2 is 1.81 bits per heavy atom. The predicted octanol–water partition coefficient (Wildman–Crippen LogP) is 5.32. The van der Waals surface area contributed by atoms with E-state index in [1.165, 1.54) is 0 Å². The first-order valence-electron chi connectivity index (χ1n) is 10.5. The third-order valence-corrected chi connectivity index (χ3v) is 7.40. The molecule has 0 spiro atoms. The average Bonchev–Trinajstić information content (AvgIpc) is 3.16. The van der Waals surface area contributed by atoms with Crippen LogP contribution in [0.2, 0.25) is 0 Å². The smallest absolute Gasteiger partial charge is 0.163 e. The Labute approximate surface area is 184 Å². The maximum atomic E-state index is 11.6. The summed E-state index contributed by atoms with van der Waals surface area (Å²) in [4.78, 5) is 11.7. The lowest BCUT2D eigenvalue weighted by molar-refractivity contribution is 0.0409. The number of fused-ring (bicyclic) bond motifs is 10. The number of phenols is 1. The number of para-hydroxylation sites is 1. The van der Waals surface area contributed by atoms with Crippen molar-refractivity contribution in [2.45, 2.75) is 40.7 Å². The lowest BCUT2D eigenvalue weighted by Gasteiger charge is -2.27. The number of aromatic nitrogens is 2. The number of nitrogens with zero attached hydrogens (tertiary/aromatic N) is 2. The van der Waals surface area contributed by atoms with E-state index in [2.05, 4.69) is 5.32 Å². The summed E-state index contributed by atoms with van der Waals surface area (Å²) < 4.78 is 0. The second-order valence-electron chi connectivity index (χ2n) is 8.31. The van der Waals surface area contributed by atoms with E-state index < -0.39 is 5.60 Å². The molecule has 0 amide bonds. The largest absolute Gasteiger partial charge is 0.508 e. The van der Waals surface area contributed by atoms with Crippen molar-refractivity contribution in [3.8, 4) is 17.1 Å². The maximum Gasteiger partial charge on any atom is 0.163 e. The Bertz CT molecular complexity index is 1330. The van der Waals surface area contributed by atoms with Gasteiger partial charge in [-0.3, -0.25) is 0 Å². The summed E-state index contributed by atoms with van der Waals surface area (Å²) in [6, 6.07) is 21.4. The lowest BCUT2D eigenvalue weighted by Crippen LogP contribution is -2.26. The molecule has 1 aromatic heterocycles. The monoisotopic (exact) mass is 427 g/mol. The zero-order chi connectivity index (χ0) is 21.0. The number of phenolic OH excluding ortho intramolecular Hbond substituents is 1. The molecule has 2 atom stereocenters. The van der Waals surface area contributed by atoms with Crippen LogP contribution < -0.4 is 5.32 Å². The molecule has 1 fully saturated rings. The first-order valence-corrected chi connectivity index (χ1v) is 11.3. The van der Waals surface area contributed by atoms with Crippen LogP contribution in [0.5, 0.6) is 5.75 Å². The van der Waals surface area contributed by atoms with Crippen molar-refractivity contribution in [1.29, 1.82) is 0 Å². The van der Waals surface area contributed by atoms with Gasteiger partial charge in [-0.1, -0.05) is 42.1 Å². The molecule has 31 heavy (non-hydrogen) atoms. The van der Waals surface area contributed by atoms with E-state index in [4.69, 9.17) is 9.97 Å². The van der Waals surface area contributed by atoms with Crippen LogP contribution in [0.3, 0.4) is 0 Å². The molecule has 1 aliphatic carbocycles. The zero-order valence-corrected chi connectivity index (χ0v) is 17.6. The van der Waals surface area contributed by atoms with Crippen LogP contribution in [0.25, 0.3) is 22.3 Å². The van der Waals surface area contributed by atoms with Gasteiger partial charge in [-0.15, -0.1) is 0 Å². The minimum atomic E-state index is -0.886. The van der Waals surface area contributed by atoms with Crippen LogP contribution in [-0.2, 0) is 5.60 Å². The molecule has 4 bridgehead atoms. The molecule has 154 valence electrons. The third-order valence-electron chi connectivity index (χ3n) is 6.25. The van der Waals surface area contributed by atoms with E-state index in [9.17, 15) is 10.2 Å². The third kappa shape index (κ3) is 3.14. The van der Waals surface area contributed by atoms with E-state index in [-0.39, 0.29) is 11.8 Å². The molecular formula is C25H21N3O2S. The molecule has 6 rings (SSSR count). The fourth-order valence-corrected chi connectivity index (χ4v) is 5.88. The van der Waals surface area contributed by atoms with E-state index in [0.717, 1.165) is 44.1 Å². The van der Waals surface area contributed by atoms with Crippen molar-refractivity contribution in [2.75, 3.05) is 5.32 Å². The molecule has 1 aliphatic heterocycles. The minimum Gasteiger partial charge on any atom is -0.508 e. The topological polar surface area (TPSA) is 78.3 Å². The fraction of sp³-hybridized carbons (Fsp3) is 0.200. The summed E-state index contributed by atoms with van der Waals surface area (Å²) in [6.45, 7) is 0. The number of aromatic hydroxyl groups is 1. The maximum absolute atomic E-state index is 11.6. The predicted molar refractivity (Wildman–Crippen MR) is 122 cm³/mol. The quantitative estimate of drug-likeness (QED) is 0.353. The van der Waals surface area contributed by atoms with Gasteiger partial charge in [0.25, 0.3) is 0 Å². The standard InChI is InChI=1S/C25H21N3O2S/c29-16-9-10-21-18(13-16)24-27-20-7-3-1-5-17(20)23(28-24)26-15-11-12-25(30,14-15)19-6-2-4-8-22(19)31-21/h1-10,13,15,29-30H,11-12,14H2,(H,26,27,28). The van der Waals surface area contributed by atoms with Gasteiger partial charge in [0.1, 0.15) is 11.6 Å². The van der Waals surface area contributed by atoms with Crippen molar-refractivity contribution >= 4 is 28.5 Å². The summed E-state index contributed by atoms with van der Waals surface area (Å²) >= 11 is 1.58. The zero-order valence-electron chi connectivity index (χ0n) is 16.7. The first-order chi connectivity index (χ1) is 15.1. The number of anilines is 1. The Hall–Kier alpha value is -3.09. The van der Waals surface area contributed by atoms with Crippen LogP contribution in [-0.4, -0.2) is 26.2 Å². The summed E-state index contributed by atoms with van der Waals surface area (Å²) in [5.41, 5.74) is 1.69. The van der Waals surface area contributed by atoms with E-state index in [0.29, 0.717) is 18.7 Å². The molecule has 0 saturated heterocycles. The van der Waals surface area contributed by atoms with Gasteiger partial charge in [0, 0.05) is 33.2 Å². The van der Waals surface area contributed by atoms with Crippen molar-refractivity contribution in [2.24, 2.45) is 0 Å². The summed E-state index contributed by atoms with van der Waals surface area (Å²) in [6.07, 6.45) is 2.18. The van der Waals surface area contributed by atoms with Crippen molar-refractivity contribution < 1.29 is 10.2 Å². The van der Waals surface area contributed by atoms with Gasteiger partial charge < -0.3 is 15.5 Å². The van der Waals surface area contributed by atoms with Gasteiger partial charge in [0.05, 0.1) is 11.1 Å². The molecule has 2 aliphatic rings. The van der Waals surface area contributed by atoms with Crippen LogP contribution >= 0.6 is 11.8 Å². The van der Waals surface area contributed by atoms with Crippen LogP contribution in [0.4, 0.5) is 5.82 Å². The number of nitrogens with one attached hydrogen (secondary N) is 1. The molecule has 1 saturated carbocycles. The number of rotatable bonds is 0. The highest BCUT2D eigenvalue weighted by Gasteiger charge is 2.40. The number of benzene rings is 3. The Morgan fingerprint density at radius 3 is 2.74 bits per heavy atom. The van der Waals surface area contributed by atoms with Gasteiger partial charge in [-0.05, 0) is 54.8 Å². The molecule has 2 unspecified atom stereocenters. The summed E-state index contributed by atoms with van der Waals surface area (Å²) in [7, 11) is 0. The highest BCUT2D eigenvalue weighted by atomic mass is 32.2. The number of hydrogen-bond acceptors (Lipinski definition) is 6. The summed E-state index contributed by atoms with van der Waals surface area (Å²) in [5, 5.41) is 26.4. The highest BCUT2D eigenvalue weighted by Crippen LogP contribution is 2.47. The van der Waals surface area contributed by atoms with Gasteiger partial charge in [-0.25, -0.2) is 9.97 Å². The SMILES string of the molecule is Oc1ccc2c(c1)-c1nc(c3ccccc3n1)NC1CCC(O)(C1)c1ccccc1S2. The first kappa shape index (κ1) is 18.7. The van der Waals surface area contributed by atoms with Crippen molar-refractivity contribution in [1.82, 2.24) is 9.97 Å².